The first-order valence-corrected chi connectivity index (χ1v) is 25.1. The van der Waals surface area contributed by atoms with Crippen molar-refractivity contribution in [1.29, 1.82) is 0 Å². The van der Waals surface area contributed by atoms with Crippen LogP contribution in [-0.2, 0) is 26.7 Å². The van der Waals surface area contributed by atoms with Crippen molar-refractivity contribution in [1.82, 2.24) is 9.80 Å². The van der Waals surface area contributed by atoms with Crippen molar-refractivity contribution >= 4 is 22.5 Å². The zero-order valence-electron chi connectivity index (χ0n) is 33.5. The lowest BCUT2D eigenvalue weighted by atomic mass is 9.86. The molecule has 276 valence electrons. The molecule has 2 aromatic carbocycles. The van der Waals surface area contributed by atoms with E-state index in [2.05, 4.69) is 129 Å². The molecule has 0 bridgehead atoms. The number of amides is 1. The molecule has 49 heavy (non-hydrogen) atoms. The van der Waals surface area contributed by atoms with Crippen molar-refractivity contribution in [3.8, 4) is 0 Å². The number of rotatable bonds is 14. The molecule has 0 spiro atoms. The zero-order chi connectivity index (χ0) is 36.5. The summed E-state index contributed by atoms with van der Waals surface area (Å²) in [5, 5.41) is 0.486. The van der Waals surface area contributed by atoms with Gasteiger partial charge in [-0.05, 0) is 79.5 Å². The summed E-state index contributed by atoms with van der Waals surface area (Å²) in [5.74, 6) is 0.257. The standard InChI is InChI=1S/C24H43NOSi.C18H29NO2Si/c1-8-16-24(17-9-2)18-15-22(20-26-27(6,7)23(3,4)5)25(24)19-21-13-11-10-12-14-21;1-18(2,3)22(4,5)21-14-16-11-12-17(20)19(16)13-15-9-7-6-8-10-15/h10-14,22H,8-9,15-20H2,1-7H3;6-10,16H,11-14H2,1-5H3/t22-;16-/m11/s1. The summed E-state index contributed by atoms with van der Waals surface area (Å²) in [6.07, 6.45) is 9.32. The maximum atomic E-state index is 12.2. The Labute approximate surface area is 303 Å². The monoisotopic (exact) mass is 709 g/mol. The molecule has 4 rings (SSSR count). The van der Waals surface area contributed by atoms with Gasteiger partial charge in [0.1, 0.15) is 0 Å². The molecule has 2 saturated heterocycles. The van der Waals surface area contributed by atoms with Gasteiger partial charge in [-0.2, -0.15) is 0 Å². The summed E-state index contributed by atoms with van der Waals surface area (Å²) >= 11 is 0. The highest BCUT2D eigenvalue weighted by Gasteiger charge is 2.46. The van der Waals surface area contributed by atoms with Crippen molar-refractivity contribution in [3.05, 3.63) is 71.8 Å². The second kappa shape index (κ2) is 17.6. The fraction of sp³-hybridized carbons (Fsp3) is 0.690. The lowest BCUT2D eigenvalue weighted by Crippen LogP contribution is -2.50. The van der Waals surface area contributed by atoms with Crippen molar-refractivity contribution in [3.63, 3.8) is 0 Å². The lowest BCUT2D eigenvalue weighted by molar-refractivity contribution is -0.130. The van der Waals surface area contributed by atoms with Gasteiger partial charge in [0.15, 0.2) is 16.6 Å². The number of likely N-dealkylation sites (tertiary alicyclic amines) is 2. The molecule has 0 radical (unpaired) electrons. The van der Waals surface area contributed by atoms with Crippen LogP contribution in [0, 0.1) is 0 Å². The average molecular weight is 709 g/mol. The number of benzene rings is 2. The number of hydrogen-bond donors (Lipinski definition) is 0. The van der Waals surface area contributed by atoms with Crippen molar-refractivity contribution in [2.75, 3.05) is 13.2 Å². The summed E-state index contributed by atoms with van der Waals surface area (Å²) in [4.78, 5) is 17.0. The molecular weight excluding hydrogens is 637 g/mol. The molecular formula is C42H72N2O3Si2. The van der Waals surface area contributed by atoms with Crippen molar-refractivity contribution in [2.45, 2.75) is 174 Å². The molecule has 2 fully saturated rings. The molecule has 2 aromatic rings. The number of carbonyl (C=O) groups is 1. The van der Waals surface area contributed by atoms with E-state index in [4.69, 9.17) is 8.85 Å². The normalized spacial score (nSPS) is 20.4. The predicted octanol–water partition coefficient (Wildman–Crippen LogP) is 11.2. The van der Waals surface area contributed by atoms with Gasteiger partial charge in [-0.1, -0.05) is 129 Å². The van der Waals surface area contributed by atoms with E-state index >= 15 is 0 Å². The van der Waals surface area contributed by atoms with Crippen LogP contribution in [0.5, 0.6) is 0 Å². The molecule has 7 heteroatoms. The molecule has 2 aliphatic rings. The van der Waals surface area contributed by atoms with Crippen molar-refractivity contribution < 1.29 is 13.6 Å². The Balaban J connectivity index is 0.000000271. The maximum Gasteiger partial charge on any atom is 0.223 e. The molecule has 0 aromatic heterocycles. The van der Waals surface area contributed by atoms with E-state index in [1.807, 2.05) is 23.1 Å². The molecule has 0 unspecified atom stereocenters. The predicted molar refractivity (Wildman–Crippen MR) is 214 cm³/mol. The van der Waals surface area contributed by atoms with Gasteiger partial charge in [0, 0.05) is 37.7 Å². The van der Waals surface area contributed by atoms with Gasteiger partial charge in [0.2, 0.25) is 5.91 Å². The Morgan fingerprint density at radius 3 is 1.59 bits per heavy atom. The third-order valence-electron chi connectivity index (χ3n) is 12.2. The van der Waals surface area contributed by atoms with E-state index in [0.29, 0.717) is 31.2 Å². The smallest absolute Gasteiger partial charge is 0.223 e. The fourth-order valence-corrected chi connectivity index (χ4v) is 9.06. The number of hydrogen-bond acceptors (Lipinski definition) is 4. The van der Waals surface area contributed by atoms with E-state index in [0.717, 1.165) is 19.6 Å². The Morgan fingerprint density at radius 1 is 0.694 bits per heavy atom. The van der Waals surface area contributed by atoms with Gasteiger partial charge < -0.3 is 13.8 Å². The highest BCUT2D eigenvalue weighted by Crippen LogP contribution is 2.44. The van der Waals surface area contributed by atoms with E-state index < -0.39 is 16.6 Å². The highest BCUT2D eigenvalue weighted by molar-refractivity contribution is 6.74. The van der Waals surface area contributed by atoms with E-state index in [1.54, 1.807) is 0 Å². The van der Waals surface area contributed by atoms with Crippen LogP contribution in [-0.4, -0.2) is 63.2 Å². The third kappa shape index (κ3) is 11.4. The Hall–Kier alpha value is -1.78. The minimum absolute atomic E-state index is 0.208. The van der Waals surface area contributed by atoms with Crippen LogP contribution in [0.4, 0.5) is 0 Å². The Morgan fingerprint density at radius 2 is 1.14 bits per heavy atom. The largest absolute Gasteiger partial charge is 0.415 e. The zero-order valence-corrected chi connectivity index (χ0v) is 35.5. The third-order valence-corrected chi connectivity index (χ3v) is 21.2. The molecule has 5 nitrogen and oxygen atoms in total. The van der Waals surface area contributed by atoms with Crippen LogP contribution >= 0.6 is 0 Å². The molecule has 2 aliphatic heterocycles. The summed E-state index contributed by atoms with van der Waals surface area (Å²) in [7, 11) is -3.46. The van der Waals surface area contributed by atoms with E-state index in [-0.39, 0.29) is 22.0 Å². The summed E-state index contributed by atoms with van der Waals surface area (Å²) < 4.78 is 13.0. The van der Waals surface area contributed by atoms with Gasteiger partial charge in [0.25, 0.3) is 0 Å². The summed E-state index contributed by atoms with van der Waals surface area (Å²) in [6.45, 7) is 31.1. The Kier molecular flexibility index (Phi) is 15.0. The van der Waals surface area contributed by atoms with Gasteiger partial charge in [-0.25, -0.2) is 0 Å². The minimum atomic E-state index is -1.75. The first-order valence-electron chi connectivity index (χ1n) is 19.3. The number of carbonyl (C=O) groups excluding carboxylic acids is 1. The topological polar surface area (TPSA) is 42.0 Å². The second-order valence-corrected chi connectivity index (χ2v) is 27.5. The van der Waals surface area contributed by atoms with Crippen LogP contribution < -0.4 is 0 Å². The SMILES string of the molecule is CC(C)(C)[Si](C)(C)OC[C@H]1CCC(=O)N1Cc1ccccc1.CCCC1(CCC)CC[C@H](CO[Si](C)(C)C(C)(C)C)N1Cc1ccccc1. The Bertz CT molecular complexity index is 1260. The molecule has 0 aliphatic carbocycles. The lowest BCUT2D eigenvalue weighted by Gasteiger charge is -2.43. The van der Waals surface area contributed by atoms with Gasteiger partial charge in [0.05, 0.1) is 12.6 Å². The molecule has 2 atom stereocenters. The number of nitrogens with zero attached hydrogens (tertiary/aromatic N) is 2. The fourth-order valence-electron chi connectivity index (χ4n) is 6.97. The maximum absolute atomic E-state index is 12.2. The van der Waals surface area contributed by atoms with Crippen LogP contribution in [0.3, 0.4) is 0 Å². The minimum Gasteiger partial charge on any atom is -0.415 e. The second-order valence-electron chi connectivity index (χ2n) is 17.9. The van der Waals surface area contributed by atoms with Crippen LogP contribution in [0.25, 0.3) is 0 Å². The average Bonchev–Trinajstić information content (AvgIpc) is 3.54. The summed E-state index contributed by atoms with van der Waals surface area (Å²) in [6, 6.07) is 22.0. The molecule has 2 heterocycles. The molecule has 0 N–H and O–H groups in total. The quantitative estimate of drug-likeness (QED) is 0.183. The van der Waals surface area contributed by atoms with E-state index in [1.165, 1.54) is 49.7 Å². The summed E-state index contributed by atoms with van der Waals surface area (Å²) in [5.41, 5.74) is 2.99. The van der Waals surface area contributed by atoms with Crippen LogP contribution in [0.2, 0.25) is 36.3 Å². The molecule has 0 saturated carbocycles. The van der Waals surface area contributed by atoms with Gasteiger partial charge in [-0.3, -0.25) is 9.69 Å². The van der Waals surface area contributed by atoms with Gasteiger partial charge >= 0.3 is 0 Å². The van der Waals surface area contributed by atoms with Crippen molar-refractivity contribution in [2.24, 2.45) is 0 Å². The first-order chi connectivity index (χ1) is 22.9. The van der Waals surface area contributed by atoms with Gasteiger partial charge in [-0.15, -0.1) is 0 Å². The van der Waals surface area contributed by atoms with E-state index in [9.17, 15) is 4.79 Å². The first kappa shape index (κ1) is 41.6. The van der Waals surface area contributed by atoms with Crippen LogP contribution in [0.15, 0.2) is 60.7 Å². The highest BCUT2D eigenvalue weighted by atomic mass is 28.4. The van der Waals surface area contributed by atoms with Crippen LogP contribution in [0.1, 0.15) is 118 Å². The molecule has 1 amide bonds.